The van der Waals surface area contributed by atoms with Gasteiger partial charge < -0.3 is 10.1 Å². The minimum Gasteiger partial charge on any atom is -0.444 e. The van der Waals surface area contributed by atoms with Crippen LogP contribution in [-0.4, -0.2) is 17.9 Å². The second-order valence-corrected chi connectivity index (χ2v) is 6.54. The number of nitrogens with one attached hydrogen (secondary N) is 1. The van der Waals surface area contributed by atoms with E-state index in [2.05, 4.69) is 5.32 Å². The van der Waals surface area contributed by atoms with Crippen LogP contribution in [0.15, 0.2) is 42.5 Å². The average Bonchev–Trinajstić information content (AvgIpc) is 3.40. The van der Waals surface area contributed by atoms with Crippen LogP contribution in [0.3, 0.4) is 0 Å². The highest BCUT2D eigenvalue weighted by atomic mass is 35.5. The molecular weight excluding hydrogens is 368 g/mol. The minimum absolute atomic E-state index is 0.0502. The first-order valence-corrected chi connectivity index (χ1v) is 8.42. The van der Waals surface area contributed by atoms with Gasteiger partial charge in [0, 0.05) is 11.6 Å². The van der Waals surface area contributed by atoms with Crippen molar-refractivity contribution >= 4 is 35.1 Å². The Labute approximate surface area is 153 Å². The molecule has 130 valence electrons. The van der Waals surface area contributed by atoms with Crippen LogP contribution < -0.4 is 5.32 Å². The molecule has 3 rings (SSSR count). The van der Waals surface area contributed by atoms with Crippen molar-refractivity contribution in [1.29, 1.82) is 0 Å². The van der Waals surface area contributed by atoms with Gasteiger partial charge in [-0.25, -0.2) is 9.18 Å². The Kier molecular flexibility index (Phi) is 5.25. The summed E-state index contributed by atoms with van der Waals surface area (Å²) < 4.78 is 19.0. The van der Waals surface area contributed by atoms with Crippen LogP contribution in [0.5, 0.6) is 0 Å². The van der Waals surface area contributed by atoms with Gasteiger partial charge in [-0.1, -0.05) is 53.5 Å². The van der Waals surface area contributed by atoms with Crippen LogP contribution in [0.4, 0.5) is 4.39 Å². The predicted molar refractivity (Wildman–Crippen MR) is 92.2 cm³/mol. The average molecular weight is 382 g/mol. The fourth-order valence-electron chi connectivity index (χ4n) is 2.25. The molecule has 1 aliphatic rings. The fraction of sp³-hybridized carbons (Fsp3) is 0.222. The van der Waals surface area contributed by atoms with Crippen molar-refractivity contribution in [1.82, 2.24) is 5.32 Å². The Morgan fingerprint density at radius 2 is 1.80 bits per heavy atom. The van der Waals surface area contributed by atoms with Gasteiger partial charge in [0.1, 0.15) is 5.82 Å². The molecule has 1 atom stereocenters. The highest BCUT2D eigenvalue weighted by Gasteiger charge is 2.31. The molecule has 2 aromatic carbocycles. The number of esters is 1. The highest BCUT2D eigenvalue weighted by Crippen LogP contribution is 2.28. The summed E-state index contributed by atoms with van der Waals surface area (Å²) >= 11 is 11.6. The van der Waals surface area contributed by atoms with Crippen molar-refractivity contribution in [3.8, 4) is 0 Å². The number of halogens is 3. The van der Waals surface area contributed by atoms with Crippen molar-refractivity contribution in [2.24, 2.45) is 0 Å². The largest absolute Gasteiger partial charge is 0.444 e. The number of hydrogen-bond donors (Lipinski definition) is 1. The molecule has 0 saturated heterocycles. The first kappa shape index (κ1) is 17.7. The number of hydrogen-bond acceptors (Lipinski definition) is 3. The standard InChI is InChI=1S/C18H14Cl2FNO3/c19-13-9-14(20)15(21)8-12(13)18(24)25-16(10-4-2-1-3-5-10)17(23)22-11-6-7-11/h1-5,8-9,11,16H,6-7H2,(H,22,23)/t16-/m1/s1. The maximum Gasteiger partial charge on any atom is 0.340 e. The predicted octanol–water partition coefficient (Wildman–Crippen LogP) is 4.31. The summed E-state index contributed by atoms with van der Waals surface area (Å²) in [5, 5.41) is 2.55. The second kappa shape index (κ2) is 7.42. The molecular formula is C18H14Cl2FNO3. The number of benzene rings is 2. The summed E-state index contributed by atoms with van der Waals surface area (Å²) in [4.78, 5) is 24.9. The van der Waals surface area contributed by atoms with Crippen LogP contribution in [0.25, 0.3) is 0 Å². The van der Waals surface area contributed by atoms with Crippen LogP contribution in [0.1, 0.15) is 34.9 Å². The molecule has 0 heterocycles. The number of amides is 1. The molecule has 1 N–H and O–H groups in total. The smallest absolute Gasteiger partial charge is 0.340 e. The van der Waals surface area contributed by atoms with Gasteiger partial charge in [-0.15, -0.1) is 0 Å². The Morgan fingerprint density at radius 1 is 1.12 bits per heavy atom. The van der Waals surface area contributed by atoms with Crippen molar-refractivity contribution in [3.63, 3.8) is 0 Å². The molecule has 0 aliphatic heterocycles. The lowest BCUT2D eigenvalue weighted by Gasteiger charge is -2.18. The molecule has 2 aromatic rings. The number of carbonyl (C=O) groups excluding carboxylic acids is 2. The van der Waals surface area contributed by atoms with Crippen molar-refractivity contribution in [2.45, 2.75) is 25.0 Å². The summed E-state index contributed by atoms with van der Waals surface area (Å²) in [6, 6.07) is 10.7. The zero-order chi connectivity index (χ0) is 18.0. The lowest BCUT2D eigenvalue weighted by molar-refractivity contribution is -0.130. The quantitative estimate of drug-likeness (QED) is 0.620. The van der Waals surface area contributed by atoms with E-state index in [9.17, 15) is 14.0 Å². The molecule has 0 bridgehead atoms. The summed E-state index contributed by atoms with van der Waals surface area (Å²) in [5.74, 6) is -2.12. The van der Waals surface area contributed by atoms with Crippen molar-refractivity contribution < 1.29 is 18.7 Å². The van der Waals surface area contributed by atoms with Gasteiger partial charge in [0.2, 0.25) is 6.10 Å². The first-order valence-electron chi connectivity index (χ1n) is 7.66. The number of rotatable bonds is 5. The minimum atomic E-state index is -1.15. The van der Waals surface area contributed by atoms with Crippen LogP contribution >= 0.6 is 23.2 Å². The van der Waals surface area contributed by atoms with Crippen molar-refractivity contribution in [3.05, 3.63) is 69.5 Å². The fourth-order valence-corrected chi connectivity index (χ4v) is 2.72. The van der Waals surface area contributed by atoms with Gasteiger partial charge in [0.15, 0.2) is 0 Å². The van der Waals surface area contributed by atoms with E-state index in [-0.39, 0.29) is 21.7 Å². The van der Waals surface area contributed by atoms with Crippen LogP contribution in [-0.2, 0) is 9.53 Å². The lowest BCUT2D eigenvalue weighted by Crippen LogP contribution is -2.33. The molecule has 0 spiro atoms. The van der Waals surface area contributed by atoms with E-state index in [1.54, 1.807) is 30.3 Å². The maximum absolute atomic E-state index is 13.6. The second-order valence-electron chi connectivity index (χ2n) is 5.73. The van der Waals surface area contributed by atoms with E-state index in [1.165, 1.54) is 0 Å². The Morgan fingerprint density at radius 3 is 2.44 bits per heavy atom. The van der Waals surface area contributed by atoms with Gasteiger partial charge in [-0.3, -0.25) is 4.79 Å². The third-order valence-corrected chi connectivity index (χ3v) is 4.32. The Hall–Kier alpha value is -2.11. The molecule has 1 fully saturated rings. The molecule has 0 aromatic heterocycles. The lowest BCUT2D eigenvalue weighted by atomic mass is 10.1. The van der Waals surface area contributed by atoms with E-state index in [1.807, 2.05) is 0 Å². The topological polar surface area (TPSA) is 55.4 Å². The SMILES string of the molecule is O=C(O[C@@H](C(=O)NC1CC1)c1ccccc1)c1cc(F)c(Cl)cc1Cl. The van der Waals surface area contributed by atoms with Gasteiger partial charge in [-0.05, 0) is 25.0 Å². The summed E-state index contributed by atoms with van der Waals surface area (Å²) in [6.45, 7) is 0. The number of ether oxygens (including phenoxy) is 1. The first-order chi connectivity index (χ1) is 12.0. The molecule has 0 radical (unpaired) electrons. The van der Waals surface area contributed by atoms with Gasteiger partial charge >= 0.3 is 5.97 Å². The molecule has 25 heavy (non-hydrogen) atoms. The van der Waals surface area contributed by atoms with E-state index >= 15 is 0 Å². The van der Waals surface area contributed by atoms with E-state index in [4.69, 9.17) is 27.9 Å². The van der Waals surface area contributed by atoms with E-state index < -0.39 is 23.8 Å². The molecule has 1 saturated carbocycles. The normalized spacial score (nSPS) is 14.7. The molecule has 1 amide bonds. The molecule has 0 unspecified atom stereocenters. The van der Waals surface area contributed by atoms with Crippen LogP contribution in [0, 0.1) is 5.82 Å². The highest BCUT2D eigenvalue weighted by molar-refractivity contribution is 6.36. The molecule has 4 nitrogen and oxygen atoms in total. The zero-order valence-electron chi connectivity index (χ0n) is 13.0. The van der Waals surface area contributed by atoms with Gasteiger partial charge in [-0.2, -0.15) is 0 Å². The third-order valence-electron chi connectivity index (χ3n) is 3.72. The monoisotopic (exact) mass is 381 g/mol. The third kappa shape index (κ3) is 4.30. The van der Waals surface area contributed by atoms with Gasteiger partial charge in [0.25, 0.3) is 5.91 Å². The van der Waals surface area contributed by atoms with E-state index in [0.717, 1.165) is 25.0 Å². The zero-order valence-corrected chi connectivity index (χ0v) is 14.5. The van der Waals surface area contributed by atoms with Crippen LogP contribution in [0.2, 0.25) is 10.0 Å². The molecule has 7 heteroatoms. The Bertz CT molecular complexity index is 809. The molecule has 1 aliphatic carbocycles. The number of carbonyl (C=O) groups is 2. The summed E-state index contributed by atoms with van der Waals surface area (Å²) in [5.41, 5.74) is 0.322. The van der Waals surface area contributed by atoms with E-state index in [0.29, 0.717) is 5.56 Å². The summed E-state index contributed by atoms with van der Waals surface area (Å²) in [6.07, 6.45) is 0.647. The Balaban J connectivity index is 1.85. The summed E-state index contributed by atoms with van der Waals surface area (Å²) in [7, 11) is 0. The van der Waals surface area contributed by atoms with Gasteiger partial charge in [0.05, 0.1) is 15.6 Å². The van der Waals surface area contributed by atoms with Crippen molar-refractivity contribution in [2.75, 3.05) is 0 Å². The maximum atomic E-state index is 13.6.